The van der Waals surface area contributed by atoms with E-state index < -0.39 is 0 Å². The summed E-state index contributed by atoms with van der Waals surface area (Å²) in [5.74, 6) is -0.200. The van der Waals surface area contributed by atoms with Crippen molar-refractivity contribution in [3.05, 3.63) is 54.6 Å². The first-order chi connectivity index (χ1) is 8.11. The Balaban J connectivity index is 3.31. The zero-order valence-corrected chi connectivity index (χ0v) is 10.7. The molecule has 2 nitrogen and oxygen atoms in total. The fourth-order valence-electron chi connectivity index (χ4n) is 1.69. The molecule has 0 atom stereocenters. The number of amides is 1. The summed E-state index contributed by atoms with van der Waals surface area (Å²) in [6.07, 6.45) is 4.94. The lowest BCUT2D eigenvalue weighted by atomic mass is 10.0. The van der Waals surface area contributed by atoms with E-state index in [9.17, 15) is 4.79 Å². The molecule has 0 aromatic heterocycles. The number of nitrogens with zero attached hydrogens (tertiary/aromatic N) is 1. The van der Waals surface area contributed by atoms with Gasteiger partial charge in [-0.3, -0.25) is 4.79 Å². The molecule has 0 aliphatic rings. The third kappa shape index (κ3) is 3.21. The van der Waals surface area contributed by atoms with Gasteiger partial charge in [-0.2, -0.15) is 0 Å². The van der Waals surface area contributed by atoms with Gasteiger partial charge in [0.25, 0.3) is 0 Å². The second-order valence-electron chi connectivity index (χ2n) is 3.71. The second-order valence-corrected chi connectivity index (χ2v) is 4.05. The van der Waals surface area contributed by atoms with E-state index in [-0.39, 0.29) is 5.91 Å². The van der Waals surface area contributed by atoms with Gasteiger partial charge in [0.2, 0.25) is 5.91 Å². The number of carbonyl (C=O) groups excluding carboxylic acids is 1. The van der Waals surface area contributed by atoms with Crippen molar-refractivity contribution in [2.75, 3.05) is 4.42 Å². The van der Waals surface area contributed by atoms with Crippen LogP contribution in [0.5, 0.6) is 0 Å². The third-order valence-corrected chi connectivity index (χ3v) is 2.81. The van der Waals surface area contributed by atoms with E-state index in [1.54, 1.807) is 12.2 Å². The Hall–Kier alpha value is -1.54. The van der Waals surface area contributed by atoms with Gasteiger partial charge in [-0.15, -0.1) is 13.2 Å². The predicted octanol–water partition coefficient (Wildman–Crippen LogP) is 3.65. The number of para-hydroxylation sites is 1. The van der Waals surface area contributed by atoms with E-state index in [0.29, 0.717) is 12.8 Å². The van der Waals surface area contributed by atoms with Crippen LogP contribution in [-0.4, -0.2) is 5.91 Å². The van der Waals surface area contributed by atoms with E-state index in [4.69, 9.17) is 11.8 Å². The number of halogens is 1. The molecule has 0 unspecified atom stereocenters. The number of anilines is 1. The highest BCUT2D eigenvalue weighted by atomic mass is 35.5. The maximum Gasteiger partial charge on any atom is 0.238 e. The van der Waals surface area contributed by atoms with Crippen molar-refractivity contribution >= 4 is 23.4 Å². The van der Waals surface area contributed by atoms with Crippen LogP contribution in [0, 0.1) is 0 Å². The molecule has 1 rings (SSSR count). The summed E-state index contributed by atoms with van der Waals surface area (Å²) < 4.78 is 1.16. The maximum absolute atomic E-state index is 11.4. The molecule has 0 radical (unpaired) electrons. The summed E-state index contributed by atoms with van der Waals surface area (Å²) in [7, 11) is 0. The molecule has 0 aliphatic heterocycles. The molecule has 0 bridgehead atoms. The van der Waals surface area contributed by atoms with Crippen molar-refractivity contribution < 1.29 is 4.79 Å². The van der Waals surface area contributed by atoms with Gasteiger partial charge in [0, 0.05) is 18.7 Å². The smallest absolute Gasteiger partial charge is 0.238 e. The van der Waals surface area contributed by atoms with Crippen molar-refractivity contribution in [1.29, 1.82) is 0 Å². The van der Waals surface area contributed by atoms with Crippen LogP contribution in [0.25, 0.3) is 0 Å². The first-order valence-corrected chi connectivity index (χ1v) is 5.74. The monoisotopic (exact) mass is 249 g/mol. The number of hydrogen-bond acceptors (Lipinski definition) is 1. The maximum atomic E-state index is 11.4. The summed E-state index contributed by atoms with van der Waals surface area (Å²) in [6.45, 7) is 8.86. The normalized spacial score (nSPS) is 9.76. The quantitative estimate of drug-likeness (QED) is 0.576. The fraction of sp³-hybridized carbons (Fsp3) is 0.214. The van der Waals surface area contributed by atoms with Crippen molar-refractivity contribution in [3.8, 4) is 0 Å². The van der Waals surface area contributed by atoms with Gasteiger partial charge in [0.05, 0.1) is 5.69 Å². The molecule has 90 valence electrons. The molecule has 0 aliphatic carbocycles. The van der Waals surface area contributed by atoms with E-state index >= 15 is 0 Å². The molecule has 1 aromatic rings. The summed E-state index contributed by atoms with van der Waals surface area (Å²) in [5, 5.41) is 0. The molecule has 3 heteroatoms. The van der Waals surface area contributed by atoms with Crippen LogP contribution < -0.4 is 4.42 Å². The van der Waals surface area contributed by atoms with Gasteiger partial charge in [0.1, 0.15) is 0 Å². The Kier molecular flexibility index (Phi) is 4.98. The minimum absolute atomic E-state index is 0.200. The van der Waals surface area contributed by atoms with Crippen LogP contribution in [0.15, 0.2) is 43.5 Å². The first kappa shape index (κ1) is 13.5. The summed E-state index contributed by atoms with van der Waals surface area (Å²) in [6, 6.07) is 5.84. The zero-order chi connectivity index (χ0) is 12.8. The molecule has 17 heavy (non-hydrogen) atoms. The van der Waals surface area contributed by atoms with Crippen molar-refractivity contribution in [2.45, 2.75) is 19.8 Å². The molecule has 1 amide bonds. The van der Waals surface area contributed by atoms with Gasteiger partial charge in [-0.25, -0.2) is 4.42 Å². The van der Waals surface area contributed by atoms with Crippen molar-refractivity contribution in [1.82, 2.24) is 0 Å². The van der Waals surface area contributed by atoms with Crippen LogP contribution >= 0.6 is 11.8 Å². The number of hydrogen-bond donors (Lipinski definition) is 0. The lowest BCUT2D eigenvalue weighted by molar-refractivity contribution is -0.115. The minimum atomic E-state index is -0.200. The molecular weight excluding hydrogens is 234 g/mol. The van der Waals surface area contributed by atoms with Crippen LogP contribution in [0.4, 0.5) is 5.69 Å². The van der Waals surface area contributed by atoms with Gasteiger partial charge in [-0.1, -0.05) is 30.4 Å². The summed E-state index contributed by atoms with van der Waals surface area (Å²) in [4.78, 5) is 11.4. The van der Waals surface area contributed by atoms with Gasteiger partial charge in [-0.05, 0) is 24.0 Å². The molecule has 0 spiro atoms. The zero-order valence-electron chi connectivity index (χ0n) is 9.95. The van der Waals surface area contributed by atoms with E-state index in [0.717, 1.165) is 21.2 Å². The predicted molar refractivity (Wildman–Crippen MR) is 73.3 cm³/mol. The largest absolute Gasteiger partial charge is 0.274 e. The Labute approximate surface area is 107 Å². The molecule has 0 N–H and O–H groups in total. The third-order valence-electron chi connectivity index (χ3n) is 2.40. The summed E-state index contributed by atoms with van der Waals surface area (Å²) in [5.41, 5.74) is 2.73. The Morgan fingerprint density at radius 1 is 1.29 bits per heavy atom. The van der Waals surface area contributed by atoms with Crippen LogP contribution in [-0.2, 0) is 17.6 Å². The Morgan fingerprint density at radius 3 is 2.12 bits per heavy atom. The lowest BCUT2D eigenvalue weighted by Crippen LogP contribution is -2.19. The minimum Gasteiger partial charge on any atom is -0.274 e. The Bertz CT molecular complexity index is 412. The topological polar surface area (TPSA) is 20.3 Å². The van der Waals surface area contributed by atoms with Crippen molar-refractivity contribution in [2.24, 2.45) is 0 Å². The molecule has 0 fully saturated rings. The lowest BCUT2D eigenvalue weighted by Gasteiger charge is -2.19. The van der Waals surface area contributed by atoms with E-state index in [2.05, 4.69) is 13.2 Å². The van der Waals surface area contributed by atoms with Crippen LogP contribution in [0.1, 0.15) is 18.1 Å². The highest BCUT2D eigenvalue weighted by Crippen LogP contribution is 2.28. The Morgan fingerprint density at radius 2 is 1.76 bits per heavy atom. The number of benzene rings is 1. The van der Waals surface area contributed by atoms with Crippen LogP contribution in [0.3, 0.4) is 0 Å². The number of rotatable bonds is 5. The number of allylic oxidation sites excluding steroid dienone is 2. The van der Waals surface area contributed by atoms with Gasteiger partial charge in [0.15, 0.2) is 0 Å². The molecular formula is C14H16ClNO. The second kappa shape index (κ2) is 6.26. The van der Waals surface area contributed by atoms with E-state index in [1.165, 1.54) is 6.92 Å². The highest BCUT2D eigenvalue weighted by molar-refractivity contribution is 6.36. The fourth-order valence-corrected chi connectivity index (χ4v) is 1.91. The molecule has 0 saturated heterocycles. The molecule has 1 aromatic carbocycles. The first-order valence-electron chi connectivity index (χ1n) is 5.40. The van der Waals surface area contributed by atoms with Gasteiger partial charge >= 0.3 is 0 Å². The highest BCUT2D eigenvalue weighted by Gasteiger charge is 2.16. The summed E-state index contributed by atoms with van der Waals surface area (Å²) >= 11 is 6.04. The van der Waals surface area contributed by atoms with Crippen LogP contribution in [0.2, 0.25) is 0 Å². The standard InChI is InChI=1S/C14H16ClNO/c1-4-7-12-9-6-10-13(8-5-2)14(12)16(15)11(3)17/h4-6,9-10H,1-2,7-8H2,3H3. The average Bonchev–Trinajstić information content (AvgIpc) is 2.29. The van der Waals surface area contributed by atoms with Crippen molar-refractivity contribution in [3.63, 3.8) is 0 Å². The number of carbonyl (C=O) groups is 1. The van der Waals surface area contributed by atoms with Gasteiger partial charge < -0.3 is 0 Å². The average molecular weight is 250 g/mol. The van der Waals surface area contributed by atoms with E-state index in [1.807, 2.05) is 18.2 Å². The SMILES string of the molecule is C=CCc1cccc(CC=C)c1N(Cl)C(C)=O. The molecule has 0 heterocycles. The molecule has 0 saturated carbocycles.